The SMILES string of the molecule is CCCC(CC)NS(=O)(=O)CCC1CCNCC1. The monoisotopic (exact) mass is 276 g/mol. The Morgan fingerprint density at radius 1 is 1.28 bits per heavy atom. The lowest BCUT2D eigenvalue weighted by molar-refractivity contribution is 0.364. The summed E-state index contributed by atoms with van der Waals surface area (Å²) in [4.78, 5) is 0. The molecular formula is C13H28N2O2S. The van der Waals surface area contributed by atoms with Crippen LogP contribution in [0.1, 0.15) is 52.4 Å². The van der Waals surface area contributed by atoms with Crippen molar-refractivity contribution in [3.63, 3.8) is 0 Å². The van der Waals surface area contributed by atoms with Crippen molar-refractivity contribution in [2.24, 2.45) is 5.92 Å². The van der Waals surface area contributed by atoms with E-state index in [1.165, 1.54) is 0 Å². The zero-order valence-electron chi connectivity index (χ0n) is 11.7. The van der Waals surface area contributed by atoms with Crippen LogP contribution in [0.5, 0.6) is 0 Å². The second-order valence-electron chi connectivity index (χ2n) is 5.31. The van der Waals surface area contributed by atoms with Crippen LogP contribution in [-0.4, -0.2) is 33.3 Å². The van der Waals surface area contributed by atoms with Gasteiger partial charge in [-0.1, -0.05) is 20.3 Å². The summed E-state index contributed by atoms with van der Waals surface area (Å²) in [5, 5.41) is 3.30. The highest BCUT2D eigenvalue weighted by atomic mass is 32.2. The highest BCUT2D eigenvalue weighted by Crippen LogP contribution is 2.16. The normalized spacial score (nSPS) is 19.9. The van der Waals surface area contributed by atoms with E-state index in [-0.39, 0.29) is 11.8 Å². The van der Waals surface area contributed by atoms with Crippen molar-refractivity contribution in [1.29, 1.82) is 0 Å². The summed E-state index contributed by atoms with van der Waals surface area (Å²) < 4.78 is 26.8. The van der Waals surface area contributed by atoms with E-state index < -0.39 is 10.0 Å². The maximum atomic E-state index is 12.0. The fourth-order valence-corrected chi connectivity index (χ4v) is 4.05. The van der Waals surface area contributed by atoms with Gasteiger partial charge >= 0.3 is 0 Å². The number of piperidine rings is 1. The molecule has 1 saturated heterocycles. The molecule has 1 fully saturated rings. The third-order valence-corrected chi connectivity index (χ3v) is 5.20. The summed E-state index contributed by atoms with van der Waals surface area (Å²) in [6.07, 6.45) is 5.86. The molecule has 1 rings (SSSR count). The largest absolute Gasteiger partial charge is 0.317 e. The Labute approximate surface area is 112 Å². The van der Waals surface area contributed by atoms with E-state index in [1.807, 2.05) is 6.92 Å². The Hall–Kier alpha value is -0.130. The molecule has 0 bridgehead atoms. The van der Waals surface area contributed by atoms with Gasteiger partial charge in [0.1, 0.15) is 0 Å². The van der Waals surface area contributed by atoms with Crippen LogP contribution in [0.3, 0.4) is 0 Å². The molecule has 18 heavy (non-hydrogen) atoms. The van der Waals surface area contributed by atoms with Crippen molar-refractivity contribution >= 4 is 10.0 Å². The van der Waals surface area contributed by atoms with E-state index in [0.29, 0.717) is 5.92 Å². The van der Waals surface area contributed by atoms with Crippen molar-refractivity contribution in [3.05, 3.63) is 0 Å². The quantitative estimate of drug-likeness (QED) is 0.711. The van der Waals surface area contributed by atoms with Crippen LogP contribution in [-0.2, 0) is 10.0 Å². The second-order valence-corrected chi connectivity index (χ2v) is 7.19. The Bertz CT molecular complexity index is 311. The number of hydrogen-bond donors (Lipinski definition) is 2. The summed E-state index contributed by atoms with van der Waals surface area (Å²) in [6, 6.07) is 0.119. The first-order valence-electron chi connectivity index (χ1n) is 7.28. The first-order chi connectivity index (χ1) is 8.57. The van der Waals surface area contributed by atoms with Gasteiger partial charge in [0.2, 0.25) is 10.0 Å². The highest BCUT2D eigenvalue weighted by molar-refractivity contribution is 7.89. The van der Waals surface area contributed by atoms with Gasteiger partial charge in [-0.05, 0) is 51.1 Å². The van der Waals surface area contributed by atoms with Crippen LogP contribution in [0.25, 0.3) is 0 Å². The molecule has 1 atom stereocenters. The van der Waals surface area contributed by atoms with Gasteiger partial charge in [-0.25, -0.2) is 13.1 Å². The topological polar surface area (TPSA) is 58.2 Å². The fraction of sp³-hybridized carbons (Fsp3) is 1.00. The van der Waals surface area contributed by atoms with E-state index in [9.17, 15) is 8.42 Å². The molecular weight excluding hydrogens is 248 g/mol. The molecule has 2 N–H and O–H groups in total. The average molecular weight is 276 g/mol. The number of nitrogens with one attached hydrogen (secondary N) is 2. The van der Waals surface area contributed by atoms with Crippen LogP contribution < -0.4 is 10.0 Å². The minimum atomic E-state index is -3.08. The predicted molar refractivity (Wildman–Crippen MR) is 76.1 cm³/mol. The fourth-order valence-electron chi connectivity index (χ4n) is 2.50. The molecule has 0 amide bonds. The lowest BCUT2D eigenvalue weighted by Gasteiger charge is -2.23. The van der Waals surface area contributed by atoms with Crippen LogP contribution in [0.15, 0.2) is 0 Å². The van der Waals surface area contributed by atoms with Crippen LogP contribution >= 0.6 is 0 Å². The van der Waals surface area contributed by atoms with Crippen molar-refractivity contribution < 1.29 is 8.42 Å². The molecule has 0 aromatic carbocycles. The van der Waals surface area contributed by atoms with Gasteiger partial charge in [0.15, 0.2) is 0 Å². The maximum Gasteiger partial charge on any atom is 0.211 e. The lowest BCUT2D eigenvalue weighted by atomic mass is 9.96. The number of hydrogen-bond acceptors (Lipinski definition) is 3. The molecule has 1 heterocycles. The van der Waals surface area contributed by atoms with Crippen molar-refractivity contribution in [1.82, 2.24) is 10.0 Å². The Kier molecular flexibility index (Phi) is 7.19. The standard InChI is InChI=1S/C13H28N2O2S/c1-3-5-13(4-2)15-18(16,17)11-8-12-6-9-14-10-7-12/h12-15H,3-11H2,1-2H3. The predicted octanol–water partition coefficient (Wildman–Crippen LogP) is 1.87. The molecule has 5 heteroatoms. The summed E-state index contributed by atoms with van der Waals surface area (Å²) in [6.45, 7) is 6.19. The van der Waals surface area contributed by atoms with Crippen LogP contribution in [0.2, 0.25) is 0 Å². The molecule has 0 aromatic heterocycles. The van der Waals surface area contributed by atoms with E-state index >= 15 is 0 Å². The Balaban J connectivity index is 2.33. The summed E-state index contributed by atoms with van der Waals surface area (Å²) in [5.41, 5.74) is 0. The van der Waals surface area contributed by atoms with Crippen LogP contribution in [0, 0.1) is 5.92 Å². The minimum absolute atomic E-state index is 0.119. The first kappa shape index (κ1) is 15.9. The molecule has 4 nitrogen and oxygen atoms in total. The maximum absolute atomic E-state index is 12.0. The van der Waals surface area contributed by atoms with E-state index in [2.05, 4.69) is 17.0 Å². The third-order valence-electron chi connectivity index (χ3n) is 3.73. The van der Waals surface area contributed by atoms with Gasteiger partial charge in [-0.3, -0.25) is 0 Å². The number of sulfonamides is 1. The smallest absolute Gasteiger partial charge is 0.211 e. The van der Waals surface area contributed by atoms with E-state index in [1.54, 1.807) is 0 Å². The average Bonchev–Trinajstić information content (AvgIpc) is 2.37. The minimum Gasteiger partial charge on any atom is -0.317 e. The molecule has 0 saturated carbocycles. The number of rotatable bonds is 8. The molecule has 0 spiro atoms. The summed E-state index contributed by atoms with van der Waals surface area (Å²) in [7, 11) is -3.08. The van der Waals surface area contributed by atoms with Crippen molar-refractivity contribution in [2.75, 3.05) is 18.8 Å². The van der Waals surface area contributed by atoms with Crippen molar-refractivity contribution in [3.8, 4) is 0 Å². The van der Waals surface area contributed by atoms with Gasteiger partial charge in [0, 0.05) is 6.04 Å². The molecule has 1 aliphatic rings. The molecule has 1 unspecified atom stereocenters. The Morgan fingerprint density at radius 3 is 2.50 bits per heavy atom. The van der Waals surface area contributed by atoms with Gasteiger partial charge in [0.25, 0.3) is 0 Å². The second kappa shape index (κ2) is 8.12. The van der Waals surface area contributed by atoms with E-state index in [4.69, 9.17) is 0 Å². The van der Waals surface area contributed by atoms with Gasteiger partial charge < -0.3 is 5.32 Å². The highest BCUT2D eigenvalue weighted by Gasteiger charge is 2.19. The molecule has 108 valence electrons. The Morgan fingerprint density at radius 2 is 1.94 bits per heavy atom. The van der Waals surface area contributed by atoms with Crippen molar-refractivity contribution in [2.45, 2.75) is 58.4 Å². The molecule has 0 radical (unpaired) electrons. The van der Waals surface area contributed by atoms with Crippen LogP contribution in [0.4, 0.5) is 0 Å². The summed E-state index contributed by atoms with van der Waals surface area (Å²) >= 11 is 0. The molecule has 1 aliphatic heterocycles. The lowest BCUT2D eigenvalue weighted by Crippen LogP contribution is -2.37. The molecule has 0 aliphatic carbocycles. The van der Waals surface area contributed by atoms with E-state index in [0.717, 1.165) is 51.6 Å². The van der Waals surface area contributed by atoms with Gasteiger partial charge in [0.05, 0.1) is 5.75 Å². The van der Waals surface area contributed by atoms with Gasteiger partial charge in [-0.2, -0.15) is 0 Å². The zero-order valence-corrected chi connectivity index (χ0v) is 12.6. The zero-order chi connectivity index (χ0) is 13.4. The molecule has 0 aromatic rings. The third kappa shape index (κ3) is 6.16. The summed E-state index contributed by atoms with van der Waals surface area (Å²) in [5.74, 6) is 0.867. The first-order valence-corrected chi connectivity index (χ1v) is 8.93. The van der Waals surface area contributed by atoms with Gasteiger partial charge in [-0.15, -0.1) is 0 Å².